The van der Waals surface area contributed by atoms with Crippen LogP contribution < -0.4 is 17.0 Å². The first-order valence-corrected chi connectivity index (χ1v) is 8.60. The van der Waals surface area contributed by atoms with Crippen LogP contribution in [0.25, 0.3) is 22.0 Å². The molecule has 0 radical (unpaired) electrons. The molecule has 2 aromatic heterocycles. The number of rotatable bonds is 5. The molecule has 0 amide bonds. The Morgan fingerprint density at radius 3 is 2.77 bits per heavy atom. The third-order valence-electron chi connectivity index (χ3n) is 4.57. The van der Waals surface area contributed by atoms with Crippen molar-refractivity contribution in [1.29, 1.82) is 0 Å². The van der Waals surface area contributed by atoms with Gasteiger partial charge in [-0.2, -0.15) is 10.1 Å². The van der Waals surface area contributed by atoms with E-state index in [1.165, 1.54) is 0 Å². The average molecular weight is 354 g/mol. The van der Waals surface area contributed by atoms with E-state index in [9.17, 15) is 0 Å². The van der Waals surface area contributed by atoms with E-state index in [0.717, 1.165) is 61.4 Å². The molecule has 3 aromatic rings. The van der Waals surface area contributed by atoms with Crippen LogP contribution in [0, 0.1) is 0 Å². The van der Waals surface area contributed by atoms with Gasteiger partial charge in [-0.1, -0.05) is 6.07 Å². The van der Waals surface area contributed by atoms with Gasteiger partial charge < -0.3 is 15.9 Å². The molecule has 9 nitrogen and oxygen atoms in total. The highest BCUT2D eigenvalue weighted by Gasteiger charge is 2.11. The molecule has 1 aromatic carbocycles. The highest BCUT2D eigenvalue weighted by Crippen LogP contribution is 2.27. The van der Waals surface area contributed by atoms with Crippen molar-refractivity contribution in [2.45, 2.75) is 6.54 Å². The lowest BCUT2D eigenvalue weighted by Crippen LogP contribution is -2.38. The Kier molecular flexibility index (Phi) is 4.65. The zero-order valence-electron chi connectivity index (χ0n) is 14.4. The Labute approximate surface area is 150 Å². The van der Waals surface area contributed by atoms with Crippen LogP contribution >= 0.6 is 0 Å². The largest absolute Gasteiger partial charge is 0.379 e. The third kappa shape index (κ3) is 3.45. The maximum Gasteiger partial charge on any atom is 0.222 e. The fourth-order valence-electron chi connectivity index (χ4n) is 3.14. The van der Waals surface area contributed by atoms with Gasteiger partial charge in [0.25, 0.3) is 0 Å². The molecule has 1 aliphatic heterocycles. The predicted octanol–water partition coefficient (Wildman–Crippen LogP) is 0.693. The number of anilines is 2. The zero-order valence-corrected chi connectivity index (χ0v) is 14.4. The summed E-state index contributed by atoms with van der Waals surface area (Å²) in [7, 11) is 0. The molecule has 0 spiro atoms. The SMILES string of the molecule is NNc1nc(N)nc2ccc(-c3cnn(CCN4CCOCC4)c3)cc12. The van der Waals surface area contributed by atoms with Crippen molar-refractivity contribution >= 4 is 22.7 Å². The molecule has 0 bridgehead atoms. The molecule has 0 aliphatic carbocycles. The molecule has 1 fully saturated rings. The number of benzene rings is 1. The number of aromatic nitrogens is 4. The highest BCUT2D eigenvalue weighted by atomic mass is 16.5. The second kappa shape index (κ2) is 7.24. The third-order valence-corrected chi connectivity index (χ3v) is 4.57. The van der Waals surface area contributed by atoms with Gasteiger partial charge in [0.05, 0.1) is 31.5 Å². The Balaban J connectivity index is 1.54. The summed E-state index contributed by atoms with van der Waals surface area (Å²) in [5.41, 5.74) is 11.1. The molecule has 26 heavy (non-hydrogen) atoms. The van der Waals surface area contributed by atoms with Crippen LogP contribution in [0.5, 0.6) is 0 Å². The molecule has 0 unspecified atom stereocenters. The van der Waals surface area contributed by atoms with E-state index in [4.69, 9.17) is 16.3 Å². The van der Waals surface area contributed by atoms with E-state index >= 15 is 0 Å². The number of ether oxygens (including phenoxy) is 1. The number of hydrogen-bond acceptors (Lipinski definition) is 8. The molecule has 4 rings (SSSR count). The van der Waals surface area contributed by atoms with Gasteiger partial charge in [0.1, 0.15) is 0 Å². The fraction of sp³-hybridized carbons (Fsp3) is 0.353. The first-order chi connectivity index (χ1) is 12.7. The van der Waals surface area contributed by atoms with E-state index in [1.54, 1.807) is 0 Å². The smallest absolute Gasteiger partial charge is 0.222 e. The van der Waals surface area contributed by atoms with Gasteiger partial charge in [0.15, 0.2) is 5.82 Å². The molecule has 136 valence electrons. The molecule has 5 N–H and O–H groups in total. The highest BCUT2D eigenvalue weighted by molar-refractivity contribution is 5.93. The van der Waals surface area contributed by atoms with Crippen LogP contribution in [0.4, 0.5) is 11.8 Å². The number of morpholine rings is 1. The van der Waals surface area contributed by atoms with Gasteiger partial charge in [0, 0.05) is 36.8 Å². The molecule has 1 aliphatic rings. The molecular weight excluding hydrogens is 332 g/mol. The summed E-state index contributed by atoms with van der Waals surface area (Å²) in [6.07, 6.45) is 3.92. The molecule has 1 saturated heterocycles. The van der Waals surface area contributed by atoms with Crippen LogP contribution in [0.3, 0.4) is 0 Å². The monoisotopic (exact) mass is 354 g/mol. The van der Waals surface area contributed by atoms with Gasteiger partial charge in [-0.05, 0) is 17.7 Å². The summed E-state index contributed by atoms with van der Waals surface area (Å²) in [5.74, 6) is 6.26. The van der Waals surface area contributed by atoms with E-state index in [-0.39, 0.29) is 5.95 Å². The van der Waals surface area contributed by atoms with Gasteiger partial charge in [0.2, 0.25) is 5.95 Å². The molecule has 3 heterocycles. The van der Waals surface area contributed by atoms with E-state index in [1.807, 2.05) is 29.1 Å². The lowest BCUT2D eigenvalue weighted by Gasteiger charge is -2.26. The van der Waals surface area contributed by atoms with Crippen molar-refractivity contribution in [3.05, 3.63) is 30.6 Å². The van der Waals surface area contributed by atoms with Gasteiger partial charge >= 0.3 is 0 Å². The van der Waals surface area contributed by atoms with Crippen molar-refractivity contribution in [2.24, 2.45) is 5.84 Å². The topological polar surface area (TPSA) is 120 Å². The van der Waals surface area contributed by atoms with Crippen molar-refractivity contribution in [3.63, 3.8) is 0 Å². The molecule has 0 atom stereocenters. The summed E-state index contributed by atoms with van der Waals surface area (Å²) in [4.78, 5) is 10.8. The second-order valence-corrected chi connectivity index (χ2v) is 6.25. The Hall–Kier alpha value is -2.75. The Morgan fingerprint density at radius 2 is 1.96 bits per heavy atom. The minimum Gasteiger partial charge on any atom is -0.379 e. The van der Waals surface area contributed by atoms with Crippen molar-refractivity contribution in [2.75, 3.05) is 44.0 Å². The summed E-state index contributed by atoms with van der Waals surface area (Å²) >= 11 is 0. The van der Waals surface area contributed by atoms with E-state index in [0.29, 0.717) is 5.82 Å². The van der Waals surface area contributed by atoms with Crippen molar-refractivity contribution in [3.8, 4) is 11.1 Å². The Morgan fingerprint density at radius 1 is 1.12 bits per heavy atom. The normalized spacial score (nSPS) is 15.4. The maximum atomic E-state index is 5.70. The van der Waals surface area contributed by atoms with Crippen LogP contribution in [0.2, 0.25) is 0 Å². The van der Waals surface area contributed by atoms with E-state index in [2.05, 4.69) is 31.6 Å². The quantitative estimate of drug-likeness (QED) is 0.452. The number of fused-ring (bicyclic) bond motifs is 1. The number of nitrogens with zero attached hydrogens (tertiary/aromatic N) is 5. The minimum absolute atomic E-state index is 0.189. The molecule has 0 saturated carbocycles. The fourth-order valence-corrected chi connectivity index (χ4v) is 3.14. The minimum atomic E-state index is 0.189. The van der Waals surface area contributed by atoms with E-state index < -0.39 is 0 Å². The number of nitrogens with two attached hydrogens (primary N) is 2. The van der Waals surface area contributed by atoms with Crippen LogP contribution in [0.1, 0.15) is 0 Å². The first-order valence-electron chi connectivity index (χ1n) is 8.60. The lowest BCUT2D eigenvalue weighted by atomic mass is 10.1. The maximum absolute atomic E-state index is 5.70. The summed E-state index contributed by atoms with van der Waals surface area (Å²) in [6.45, 7) is 5.41. The van der Waals surface area contributed by atoms with Crippen molar-refractivity contribution in [1.82, 2.24) is 24.6 Å². The van der Waals surface area contributed by atoms with Gasteiger partial charge in [-0.25, -0.2) is 10.8 Å². The second-order valence-electron chi connectivity index (χ2n) is 6.25. The molecular formula is C17H22N8O. The van der Waals surface area contributed by atoms with Gasteiger partial charge in [-0.15, -0.1) is 0 Å². The summed E-state index contributed by atoms with van der Waals surface area (Å²) in [6, 6.07) is 5.90. The van der Waals surface area contributed by atoms with Crippen molar-refractivity contribution < 1.29 is 4.74 Å². The number of nitrogens with one attached hydrogen (secondary N) is 1. The summed E-state index contributed by atoms with van der Waals surface area (Å²) < 4.78 is 7.35. The van der Waals surface area contributed by atoms with Crippen LogP contribution in [0.15, 0.2) is 30.6 Å². The summed E-state index contributed by atoms with van der Waals surface area (Å²) in [5, 5.41) is 5.30. The zero-order chi connectivity index (χ0) is 17.9. The standard InChI is InChI=1S/C17H22N8O/c18-17-21-15-2-1-12(9-14(15)16(22-17)23-19)13-10-20-25(11-13)4-3-24-5-7-26-8-6-24/h1-2,9-11H,3-8,19H2,(H3,18,21,22,23). The van der Waals surface area contributed by atoms with Crippen LogP contribution in [-0.2, 0) is 11.3 Å². The van der Waals surface area contributed by atoms with Gasteiger partial charge in [-0.3, -0.25) is 9.58 Å². The van der Waals surface area contributed by atoms with Crippen LogP contribution in [-0.4, -0.2) is 57.5 Å². The molecule has 9 heteroatoms. The number of hydrogen-bond donors (Lipinski definition) is 3. The predicted molar refractivity (Wildman–Crippen MR) is 100 cm³/mol. The Bertz CT molecular complexity index is 903. The number of nitrogen functional groups attached to an aromatic ring is 2. The average Bonchev–Trinajstić information content (AvgIpc) is 3.15. The lowest BCUT2D eigenvalue weighted by molar-refractivity contribution is 0.0360. The first kappa shape index (κ1) is 16.7. The number of hydrazine groups is 1.